The number of carbonyl (C=O) groups excluding carboxylic acids is 2. The van der Waals surface area contributed by atoms with E-state index in [0.29, 0.717) is 31.0 Å². The predicted molar refractivity (Wildman–Crippen MR) is 107 cm³/mol. The molecule has 1 aromatic rings. The van der Waals surface area contributed by atoms with E-state index in [1.54, 1.807) is 38.5 Å². The van der Waals surface area contributed by atoms with Crippen LogP contribution in [0.25, 0.3) is 0 Å². The lowest BCUT2D eigenvalue weighted by Crippen LogP contribution is -2.42. The van der Waals surface area contributed by atoms with Crippen LogP contribution in [-0.4, -0.2) is 81.5 Å². The molecule has 10 nitrogen and oxygen atoms in total. The molecular weight excluding hydrogens is 394 g/mol. The lowest BCUT2D eigenvalue weighted by molar-refractivity contribution is -0.124. The number of fused-ring (bicyclic) bond motifs is 1. The molecule has 0 saturated carbocycles. The molecule has 5 atom stereocenters. The number of anilines is 1. The zero-order valence-electron chi connectivity index (χ0n) is 17.1. The SMILES string of the molecule is COCCNC(=O)C[C@@H]1C[C@H]2O[C@H](CNC(=O)Nc3ccc(OC)cc3)[C@@H](O)[C@H]2O1. The van der Waals surface area contributed by atoms with Crippen molar-refractivity contribution >= 4 is 17.6 Å². The highest BCUT2D eigenvalue weighted by Crippen LogP contribution is 2.35. The predicted octanol–water partition coefficient (Wildman–Crippen LogP) is 0.255. The average molecular weight is 423 g/mol. The molecule has 2 fully saturated rings. The van der Waals surface area contributed by atoms with Gasteiger partial charge in [0.1, 0.15) is 24.1 Å². The van der Waals surface area contributed by atoms with Crippen LogP contribution in [0.1, 0.15) is 12.8 Å². The minimum absolute atomic E-state index is 0.125. The smallest absolute Gasteiger partial charge is 0.319 e. The first kappa shape index (κ1) is 22.3. The van der Waals surface area contributed by atoms with Gasteiger partial charge in [0.2, 0.25) is 5.91 Å². The Labute approximate surface area is 175 Å². The van der Waals surface area contributed by atoms with Crippen LogP contribution in [0.15, 0.2) is 24.3 Å². The Morgan fingerprint density at radius 2 is 1.93 bits per heavy atom. The molecule has 2 aliphatic heterocycles. The van der Waals surface area contributed by atoms with Crippen LogP contribution in [0.3, 0.4) is 0 Å². The van der Waals surface area contributed by atoms with Gasteiger partial charge in [-0.15, -0.1) is 0 Å². The molecule has 10 heteroatoms. The van der Waals surface area contributed by atoms with Gasteiger partial charge in [-0.1, -0.05) is 0 Å². The number of rotatable bonds is 9. The molecular formula is C20H29N3O7. The number of nitrogens with one attached hydrogen (secondary N) is 3. The van der Waals surface area contributed by atoms with Crippen molar-refractivity contribution in [3.63, 3.8) is 0 Å². The summed E-state index contributed by atoms with van der Waals surface area (Å²) in [5.41, 5.74) is 0.619. The number of benzene rings is 1. The maximum Gasteiger partial charge on any atom is 0.319 e. The third-order valence-corrected chi connectivity index (χ3v) is 5.13. The molecule has 30 heavy (non-hydrogen) atoms. The van der Waals surface area contributed by atoms with E-state index >= 15 is 0 Å². The van der Waals surface area contributed by atoms with Crippen molar-refractivity contribution in [1.29, 1.82) is 0 Å². The van der Waals surface area contributed by atoms with Crippen LogP contribution in [0, 0.1) is 0 Å². The second kappa shape index (κ2) is 10.6. The fourth-order valence-corrected chi connectivity index (χ4v) is 3.62. The third-order valence-electron chi connectivity index (χ3n) is 5.13. The summed E-state index contributed by atoms with van der Waals surface area (Å²) in [6.07, 6.45) is -1.82. The van der Waals surface area contributed by atoms with E-state index < -0.39 is 24.3 Å². The maximum absolute atomic E-state index is 12.1. The van der Waals surface area contributed by atoms with E-state index in [-0.39, 0.29) is 31.1 Å². The van der Waals surface area contributed by atoms with E-state index in [9.17, 15) is 14.7 Å². The quantitative estimate of drug-likeness (QED) is 0.420. The Morgan fingerprint density at radius 1 is 1.17 bits per heavy atom. The summed E-state index contributed by atoms with van der Waals surface area (Å²) in [5, 5.41) is 18.6. The van der Waals surface area contributed by atoms with Crippen molar-refractivity contribution in [2.45, 2.75) is 43.4 Å². The highest BCUT2D eigenvalue weighted by Gasteiger charge is 2.50. The zero-order chi connectivity index (χ0) is 21.5. The van der Waals surface area contributed by atoms with Crippen molar-refractivity contribution in [3.05, 3.63) is 24.3 Å². The summed E-state index contributed by atoms with van der Waals surface area (Å²) in [6, 6.07) is 6.53. The van der Waals surface area contributed by atoms with Gasteiger partial charge in [-0.05, 0) is 24.3 Å². The number of aliphatic hydroxyl groups is 1. The maximum atomic E-state index is 12.1. The molecule has 0 unspecified atom stereocenters. The van der Waals surface area contributed by atoms with Gasteiger partial charge in [0.25, 0.3) is 0 Å². The first-order valence-electron chi connectivity index (χ1n) is 9.93. The Kier molecular flexibility index (Phi) is 7.86. The van der Waals surface area contributed by atoms with Gasteiger partial charge in [0, 0.05) is 32.3 Å². The molecule has 2 saturated heterocycles. The fourth-order valence-electron chi connectivity index (χ4n) is 3.62. The summed E-state index contributed by atoms with van der Waals surface area (Å²) in [7, 11) is 3.14. The Balaban J connectivity index is 1.38. The highest BCUT2D eigenvalue weighted by atomic mass is 16.6. The number of urea groups is 1. The molecule has 0 bridgehead atoms. The molecule has 2 aliphatic rings. The lowest BCUT2D eigenvalue weighted by Gasteiger charge is -2.20. The van der Waals surface area contributed by atoms with Gasteiger partial charge in [0.05, 0.1) is 32.3 Å². The van der Waals surface area contributed by atoms with E-state index in [2.05, 4.69) is 16.0 Å². The van der Waals surface area contributed by atoms with E-state index in [1.807, 2.05) is 0 Å². The van der Waals surface area contributed by atoms with Gasteiger partial charge in [-0.2, -0.15) is 0 Å². The minimum atomic E-state index is -0.877. The summed E-state index contributed by atoms with van der Waals surface area (Å²) in [4.78, 5) is 24.0. The second-order valence-electron chi connectivity index (χ2n) is 7.27. The van der Waals surface area contributed by atoms with Gasteiger partial charge < -0.3 is 40.0 Å². The summed E-state index contributed by atoms with van der Waals surface area (Å²) in [5.74, 6) is 0.570. The van der Waals surface area contributed by atoms with Crippen LogP contribution in [0.5, 0.6) is 5.75 Å². The first-order chi connectivity index (χ1) is 14.5. The Hall–Kier alpha value is -2.40. The normalized spacial score (nSPS) is 27.4. The van der Waals surface area contributed by atoms with Crippen molar-refractivity contribution in [1.82, 2.24) is 10.6 Å². The molecule has 3 amide bonds. The van der Waals surface area contributed by atoms with Gasteiger partial charge in [-0.25, -0.2) is 4.79 Å². The summed E-state index contributed by atoms with van der Waals surface area (Å²) in [6.45, 7) is 1.03. The highest BCUT2D eigenvalue weighted by molar-refractivity contribution is 5.89. The molecule has 0 spiro atoms. The van der Waals surface area contributed by atoms with Crippen LogP contribution in [0.4, 0.5) is 10.5 Å². The summed E-state index contributed by atoms with van der Waals surface area (Å²) < 4.78 is 21.6. The van der Waals surface area contributed by atoms with E-state index in [4.69, 9.17) is 18.9 Å². The average Bonchev–Trinajstić information content (AvgIpc) is 3.25. The van der Waals surface area contributed by atoms with Crippen molar-refractivity contribution < 1.29 is 33.6 Å². The first-order valence-corrected chi connectivity index (χ1v) is 9.93. The molecule has 0 aliphatic carbocycles. The van der Waals surface area contributed by atoms with E-state index in [1.165, 1.54) is 0 Å². The standard InChI is InChI=1S/C20H29N3O7/c1-27-8-7-21-17(24)10-14-9-15-19(29-14)18(25)16(30-15)11-22-20(26)23-12-3-5-13(28-2)6-4-12/h3-6,14-16,18-19,25H,7-11H2,1-2H3,(H,21,24)(H2,22,23,26)/t14-,15+,16+,18+,19-/m0/s1. The molecule has 3 rings (SSSR count). The van der Waals surface area contributed by atoms with Crippen LogP contribution < -0.4 is 20.7 Å². The topological polar surface area (TPSA) is 127 Å². The molecule has 0 radical (unpaired) electrons. The monoisotopic (exact) mass is 423 g/mol. The number of hydrogen-bond acceptors (Lipinski definition) is 7. The molecule has 1 aromatic carbocycles. The Bertz CT molecular complexity index is 715. The molecule has 4 N–H and O–H groups in total. The van der Waals surface area contributed by atoms with Gasteiger partial charge in [0.15, 0.2) is 0 Å². The number of methoxy groups -OCH3 is 2. The molecule has 0 aromatic heterocycles. The second-order valence-corrected chi connectivity index (χ2v) is 7.27. The van der Waals surface area contributed by atoms with Crippen LogP contribution in [0.2, 0.25) is 0 Å². The Morgan fingerprint density at radius 3 is 2.60 bits per heavy atom. The zero-order valence-corrected chi connectivity index (χ0v) is 17.1. The molecule has 166 valence electrons. The van der Waals surface area contributed by atoms with E-state index in [0.717, 1.165) is 0 Å². The number of aliphatic hydroxyl groups excluding tert-OH is 1. The number of ether oxygens (including phenoxy) is 4. The fraction of sp³-hybridized carbons (Fsp3) is 0.600. The van der Waals surface area contributed by atoms with Crippen LogP contribution >= 0.6 is 0 Å². The van der Waals surface area contributed by atoms with Crippen LogP contribution in [-0.2, 0) is 19.0 Å². The molecule has 2 heterocycles. The number of hydrogen-bond donors (Lipinski definition) is 4. The van der Waals surface area contributed by atoms with Crippen molar-refractivity contribution in [2.24, 2.45) is 0 Å². The number of amides is 3. The number of carbonyl (C=O) groups is 2. The van der Waals surface area contributed by atoms with Crippen molar-refractivity contribution in [3.8, 4) is 5.75 Å². The van der Waals surface area contributed by atoms with Gasteiger partial charge >= 0.3 is 6.03 Å². The largest absolute Gasteiger partial charge is 0.497 e. The minimum Gasteiger partial charge on any atom is -0.497 e. The van der Waals surface area contributed by atoms with Crippen molar-refractivity contribution in [2.75, 3.05) is 39.2 Å². The lowest BCUT2D eigenvalue weighted by atomic mass is 10.1. The summed E-state index contributed by atoms with van der Waals surface area (Å²) >= 11 is 0. The van der Waals surface area contributed by atoms with Gasteiger partial charge in [-0.3, -0.25) is 4.79 Å². The third kappa shape index (κ3) is 5.82.